The van der Waals surface area contributed by atoms with Gasteiger partial charge in [0.05, 0.1) is 17.2 Å². The van der Waals surface area contributed by atoms with Crippen LogP contribution in [0.25, 0.3) is 6.08 Å². The third kappa shape index (κ3) is 4.29. The number of amides is 1. The first-order valence-corrected chi connectivity index (χ1v) is 10.4. The number of benzene rings is 3. The summed E-state index contributed by atoms with van der Waals surface area (Å²) in [5, 5.41) is 20.4. The van der Waals surface area contributed by atoms with E-state index in [-0.39, 0.29) is 16.8 Å². The van der Waals surface area contributed by atoms with E-state index in [1.807, 2.05) is 30.3 Å². The molecule has 0 spiro atoms. The number of rotatable bonds is 6. The molecular weight excluding hydrogens is 442 g/mol. The molecule has 1 aliphatic rings. The first-order valence-electron chi connectivity index (χ1n) is 10.0. The number of carbonyl (C=O) groups is 3. The molecule has 3 aromatic carbocycles. The Hall–Kier alpha value is -4.16. The van der Waals surface area contributed by atoms with E-state index in [1.165, 1.54) is 35.2 Å². The SMILES string of the molecule is O=C(/C=C/c1ccccc1)C1=C(O)C(=O)N(c2cccc(C(=O)O)c2)C1c1ccccc1Cl. The van der Waals surface area contributed by atoms with Gasteiger partial charge in [-0.25, -0.2) is 4.79 Å². The highest BCUT2D eigenvalue weighted by Crippen LogP contribution is 2.43. The lowest BCUT2D eigenvalue weighted by Gasteiger charge is -2.27. The van der Waals surface area contributed by atoms with Gasteiger partial charge in [-0.05, 0) is 41.5 Å². The van der Waals surface area contributed by atoms with Crippen molar-refractivity contribution in [3.8, 4) is 0 Å². The molecule has 1 aliphatic heterocycles. The second-order valence-corrected chi connectivity index (χ2v) is 7.73. The molecule has 0 aliphatic carbocycles. The van der Waals surface area contributed by atoms with Gasteiger partial charge in [0.1, 0.15) is 0 Å². The van der Waals surface area contributed by atoms with Crippen LogP contribution in [0, 0.1) is 0 Å². The van der Waals surface area contributed by atoms with Crippen LogP contribution in [0.4, 0.5) is 5.69 Å². The zero-order valence-electron chi connectivity index (χ0n) is 17.2. The minimum absolute atomic E-state index is 0.0403. The standard InChI is InChI=1S/C26H18ClNO5/c27-20-12-5-4-11-19(20)23-22(21(29)14-13-16-7-2-1-3-8-16)24(30)25(31)28(23)18-10-6-9-17(15-18)26(32)33/h1-15,23,30H,(H,32,33)/b14-13+. The first kappa shape index (κ1) is 22.0. The number of halogens is 1. The molecular formula is C26H18ClNO5. The van der Waals surface area contributed by atoms with Crippen LogP contribution in [0.15, 0.2) is 96.3 Å². The number of anilines is 1. The lowest BCUT2D eigenvalue weighted by Crippen LogP contribution is -2.31. The highest BCUT2D eigenvalue weighted by atomic mass is 35.5. The molecule has 4 rings (SSSR count). The molecule has 0 saturated heterocycles. The van der Waals surface area contributed by atoms with Crippen molar-refractivity contribution in [3.05, 3.63) is 118 Å². The maximum absolute atomic E-state index is 13.2. The van der Waals surface area contributed by atoms with Crippen LogP contribution >= 0.6 is 11.6 Å². The van der Waals surface area contributed by atoms with Crippen LogP contribution in [0.3, 0.4) is 0 Å². The maximum atomic E-state index is 13.2. The maximum Gasteiger partial charge on any atom is 0.335 e. The van der Waals surface area contributed by atoms with Gasteiger partial charge < -0.3 is 10.2 Å². The largest absolute Gasteiger partial charge is 0.503 e. The molecule has 1 atom stereocenters. The summed E-state index contributed by atoms with van der Waals surface area (Å²) in [5.41, 5.74) is 1.23. The number of carboxylic acid groups (broad SMARTS) is 1. The van der Waals surface area contributed by atoms with E-state index in [0.29, 0.717) is 10.6 Å². The third-order valence-electron chi connectivity index (χ3n) is 5.27. The van der Waals surface area contributed by atoms with Crippen molar-refractivity contribution in [2.24, 2.45) is 0 Å². The topological polar surface area (TPSA) is 94.9 Å². The number of carbonyl (C=O) groups excluding carboxylic acids is 2. The average Bonchev–Trinajstić information content (AvgIpc) is 3.09. The van der Waals surface area contributed by atoms with E-state index in [1.54, 1.807) is 30.3 Å². The molecule has 0 aromatic heterocycles. The average molecular weight is 460 g/mol. The van der Waals surface area contributed by atoms with Crippen LogP contribution in [0.2, 0.25) is 5.02 Å². The van der Waals surface area contributed by atoms with Gasteiger partial charge in [0.25, 0.3) is 5.91 Å². The molecule has 3 aromatic rings. The van der Waals surface area contributed by atoms with Gasteiger partial charge >= 0.3 is 5.97 Å². The fraction of sp³-hybridized carbons (Fsp3) is 0.0385. The Morgan fingerprint density at radius 1 is 0.939 bits per heavy atom. The molecule has 33 heavy (non-hydrogen) atoms. The molecule has 7 heteroatoms. The number of aliphatic hydroxyl groups is 1. The molecule has 164 valence electrons. The van der Waals surface area contributed by atoms with Crippen molar-refractivity contribution in [2.75, 3.05) is 4.90 Å². The zero-order valence-corrected chi connectivity index (χ0v) is 17.9. The Morgan fingerprint density at radius 2 is 1.64 bits per heavy atom. The van der Waals surface area contributed by atoms with Gasteiger partial charge in [-0.1, -0.05) is 72.3 Å². The molecule has 1 amide bonds. The fourth-order valence-corrected chi connectivity index (χ4v) is 3.97. The molecule has 0 fully saturated rings. The number of hydrogen-bond donors (Lipinski definition) is 2. The predicted molar refractivity (Wildman–Crippen MR) is 125 cm³/mol. The summed E-state index contributed by atoms with van der Waals surface area (Å²) in [6.07, 6.45) is 2.87. The summed E-state index contributed by atoms with van der Waals surface area (Å²) in [6, 6.07) is 20.5. The van der Waals surface area contributed by atoms with E-state index in [9.17, 15) is 24.6 Å². The van der Waals surface area contributed by atoms with Crippen molar-refractivity contribution >= 4 is 41.0 Å². The van der Waals surface area contributed by atoms with Gasteiger partial charge in [-0.3, -0.25) is 14.5 Å². The Labute approximate surface area is 194 Å². The minimum atomic E-state index is -1.17. The highest BCUT2D eigenvalue weighted by molar-refractivity contribution is 6.32. The number of carboxylic acids is 1. The Morgan fingerprint density at radius 3 is 2.33 bits per heavy atom. The lowest BCUT2D eigenvalue weighted by atomic mass is 9.95. The molecule has 2 N–H and O–H groups in total. The first-order chi connectivity index (χ1) is 15.9. The summed E-state index contributed by atoms with van der Waals surface area (Å²) in [4.78, 5) is 39.0. The number of allylic oxidation sites excluding steroid dienone is 1. The van der Waals surface area contributed by atoms with Crippen molar-refractivity contribution in [1.29, 1.82) is 0 Å². The summed E-state index contributed by atoms with van der Waals surface area (Å²) < 4.78 is 0. The summed E-state index contributed by atoms with van der Waals surface area (Å²) >= 11 is 6.41. The molecule has 6 nitrogen and oxygen atoms in total. The van der Waals surface area contributed by atoms with E-state index < -0.39 is 29.5 Å². The number of aromatic carboxylic acids is 1. The second kappa shape index (κ2) is 9.14. The van der Waals surface area contributed by atoms with Gasteiger partial charge in [0, 0.05) is 10.7 Å². The summed E-state index contributed by atoms with van der Waals surface area (Å²) in [6.45, 7) is 0. The molecule has 0 radical (unpaired) electrons. The number of hydrogen-bond acceptors (Lipinski definition) is 4. The van der Waals surface area contributed by atoms with Crippen LogP contribution in [0.5, 0.6) is 0 Å². The molecule has 0 bridgehead atoms. The normalized spacial score (nSPS) is 16.0. The van der Waals surface area contributed by atoms with Crippen LogP contribution < -0.4 is 4.90 Å². The van der Waals surface area contributed by atoms with Crippen LogP contribution in [0.1, 0.15) is 27.5 Å². The molecule has 1 heterocycles. The predicted octanol–water partition coefficient (Wildman–Crippen LogP) is 5.22. The van der Waals surface area contributed by atoms with Crippen molar-refractivity contribution in [3.63, 3.8) is 0 Å². The van der Waals surface area contributed by atoms with Gasteiger partial charge in [-0.15, -0.1) is 0 Å². The Bertz CT molecular complexity index is 1310. The second-order valence-electron chi connectivity index (χ2n) is 7.33. The summed E-state index contributed by atoms with van der Waals surface area (Å²) in [5.74, 6) is -3.26. The molecule has 0 saturated carbocycles. The number of nitrogens with zero attached hydrogens (tertiary/aromatic N) is 1. The minimum Gasteiger partial charge on any atom is -0.503 e. The van der Waals surface area contributed by atoms with Gasteiger partial charge in [0.15, 0.2) is 11.5 Å². The third-order valence-corrected chi connectivity index (χ3v) is 5.62. The van der Waals surface area contributed by atoms with E-state index in [0.717, 1.165) is 5.56 Å². The van der Waals surface area contributed by atoms with Crippen molar-refractivity contribution in [2.45, 2.75) is 6.04 Å². The number of ketones is 1. The van der Waals surface area contributed by atoms with Crippen molar-refractivity contribution in [1.82, 2.24) is 0 Å². The van der Waals surface area contributed by atoms with Crippen LogP contribution in [-0.4, -0.2) is 27.9 Å². The Kier molecular flexibility index (Phi) is 6.11. The van der Waals surface area contributed by atoms with E-state index >= 15 is 0 Å². The quantitative estimate of drug-likeness (QED) is 0.493. The van der Waals surface area contributed by atoms with Gasteiger partial charge in [-0.2, -0.15) is 0 Å². The van der Waals surface area contributed by atoms with Crippen LogP contribution in [-0.2, 0) is 9.59 Å². The van der Waals surface area contributed by atoms with E-state index in [2.05, 4.69) is 0 Å². The van der Waals surface area contributed by atoms with Crippen molar-refractivity contribution < 1.29 is 24.6 Å². The Balaban J connectivity index is 1.83. The fourth-order valence-electron chi connectivity index (χ4n) is 3.73. The van der Waals surface area contributed by atoms with Gasteiger partial charge in [0.2, 0.25) is 0 Å². The van der Waals surface area contributed by atoms with E-state index in [4.69, 9.17) is 11.6 Å². The smallest absolute Gasteiger partial charge is 0.335 e. The zero-order chi connectivity index (χ0) is 23.5. The molecule has 1 unspecified atom stereocenters. The monoisotopic (exact) mass is 459 g/mol. The summed E-state index contributed by atoms with van der Waals surface area (Å²) in [7, 11) is 0. The number of aliphatic hydroxyl groups excluding tert-OH is 1. The highest BCUT2D eigenvalue weighted by Gasteiger charge is 2.44. The lowest BCUT2D eigenvalue weighted by molar-refractivity contribution is -0.117.